The molecule has 16 heavy (non-hydrogen) atoms. The highest BCUT2D eigenvalue weighted by Crippen LogP contribution is 2.38. The molecule has 1 fully saturated rings. The Labute approximate surface area is 92.9 Å². The first-order valence-corrected chi connectivity index (χ1v) is 5.12. The molecule has 0 saturated heterocycles. The monoisotopic (exact) mass is 218 g/mol. The lowest BCUT2D eigenvalue weighted by Crippen LogP contribution is -2.15. The van der Waals surface area contributed by atoms with Gasteiger partial charge in [0, 0.05) is 5.92 Å². The van der Waals surface area contributed by atoms with E-state index in [0.717, 1.165) is 12.5 Å². The Balaban J connectivity index is 2.10. The molecule has 1 aromatic carbocycles. The number of hydrogen-bond acceptors (Lipinski definition) is 2. The van der Waals surface area contributed by atoms with Crippen molar-refractivity contribution in [3.05, 3.63) is 29.6 Å². The van der Waals surface area contributed by atoms with Gasteiger partial charge in [0.05, 0.1) is 17.3 Å². The third kappa shape index (κ3) is 2.03. The molecule has 3 nitrogen and oxygen atoms in total. The normalized spacial score (nSPS) is 22.3. The van der Waals surface area contributed by atoms with Crippen molar-refractivity contribution in [1.29, 1.82) is 5.26 Å². The smallest absolute Gasteiger partial charge is 0.227 e. The summed E-state index contributed by atoms with van der Waals surface area (Å²) in [6.45, 7) is 1.99. The summed E-state index contributed by atoms with van der Waals surface area (Å²) < 4.78 is 13.4. The number of nitrogens with one attached hydrogen (secondary N) is 1. The molecule has 2 rings (SSSR count). The summed E-state index contributed by atoms with van der Waals surface area (Å²) in [6.07, 6.45) is 0.865. The van der Waals surface area contributed by atoms with Crippen LogP contribution in [0.25, 0.3) is 0 Å². The molecule has 0 radical (unpaired) electrons. The SMILES string of the molecule is CC1CC1C(=O)Nc1ccc(C#N)cc1F. The summed E-state index contributed by atoms with van der Waals surface area (Å²) in [5, 5.41) is 11.1. The predicted molar refractivity (Wildman–Crippen MR) is 57.0 cm³/mol. The minimum absolute atomic E-state index is 0.00930. The molecule has 1 aliphatic carbocycles. The second-order valence-corrected chi connectivity index (χ2v) is 4.12. The molecule has 82 valence electrons. The van der Waals surface area contributed by atoms with Gasteiger partial charge in [-0.1, -0.05) is 6.92 Å². The highest BCUT2D eigenvalue weighted by atomic mass is 19.1. The van der Waals surface area contributed by atoms with Crippen molar-refractivity contribution in [2.75, 3.05) is 5.32 Å². The predicted octanol–water partition coefficient (Wildman–Crippen LogP) is 2.29. The molecular formula is C12H11FN2O. The third-order valence-corrected chi connectivity index (χ3v) is 2.80. The van der Waals surface area contributed by atoms with E-state index in [1.807, 2.05) is 13.0 Å². The molecule has 0 aliphatic heterocycles. The summed E-state index contributed by atoms with van der Waals surface area (Å²) in [5.74, 6) is -0.312. The van der Waals surface area contributed by atoms with Gasteiger partial charge in [-0.25, -0.2) is 4.39 Å². The van der Waals surface area contributed by atoms with E-state index in [1.54, 1.807) is 0 Å². The maximum absolute atomic E-state index is 13.4. The number of amides is 1. The van der Waals surface area contributed by atoms with E-state index in [-0.39, 0.29) is 23.1 Å². The minimum Gasteiger partial charge on any atom is -0.323 e. The molecule has 1 saturated carbocycles. The van der Waals surface area contributed by atoms with Crippen LogP contribution in [0.15, 0.2) is 18.2 Å². The van der Waals surface area contributed by atoms with Crippen LogP contribution in [0.3, 0.4) is 0 Å². The van der Waals surface area contributed by atoms with Crippen LogP contribution in [0, 0.1) is 29.0 Å². The maximum atomic E-state index is 13.4. The summed E-state index contributed by atoms with van der Waals surface area (Å²) in [6, 6.07) is 5.85. The average molecular weight is 218 g/mol. The average Bonchev–Trinajstić information content (AvgIpc) is 2.98. The largest absolute Gasteiger partial charge is 0.323 e. The van der Waals surface area contributed by atoms with Gasteiger partial charge in [-0.05, 0) is 30.5 Å². The zero-order valence-corrected chi connectivity index (χ0v) is 8.83. The van der Waals surface area contributed by atoms with Crippen LogP contribution in [0.2, 0.25) is 0 Å². The van der Waals surface area contributed by atoms with E-state index in [9.17, 15) is 9.18 Å². The fourth-order valence-electron chi connectivity index (χ4n) is 1.60. The molecule has 1 aromatic rings. The van der Waals surface area contributed by atoms with Crippen molar-refractivity contribution in [2.24, 2.45) is 11.8 Å². The van der Waals surface area contributed by atoms with E-state index < -0.39 is 5.82 Å². The Bertz CT molecular complexity index is 478. The van der Waals surface area contributed by atoms with Gasteiger partial charge < -0.3 is 5.32 Å². The maximum Gasteiger partial charge on any atom is 0.227 e. The fourth-order valence-corrected chi connectivity index (χ4v) is 1.60. The van der Waals surface area contributed by atoms with Crippen molar-refractivity contribution >= 4 is 11.6 Å². The summed E-state index contributed by atoms with van der Waals surface area (Å²) in [7, 11) is 0. The van der Waals surface area contributed by atoms with Crippen molar-refractivity contribution in [3.63, 3.8) is 0 Å². The highest BCUT2D eigenvalue weighted by Gasteiger charge is 2.39. The van der Waals surface area contributed by atoms with Crippen LogP contribution in [0.4, 0.5) is 10.1 Å². The van der Waals surface area contributed by atoms with Gasteiger partial charge in [-0.2, -0.15) is 5.26 Å². The number of carbonyl (C=O) groups excluding carboxylic acids is 1. The second kappa shape index (κ2) is 3.93. The fraction of sp³-hybridized carbons (Fsp3) is 0.333. The number of rotatable bonds is 2. The lowest BCUT2D eigenvalue weighted by molar-refractivity contribution is -0.117. The van der Waals surface area contributed by atoms with E-state index in [1.165, 1.54) is 12.1 Å². The number of hydrogen-bond donors (Lipinski definition) is 1. The first-order valence-electron chi connectivity index (χ1n) is 5.12. The van der Waals surface area contributed by atoms with Crippen LogP contribution in [0.5, 0.6) is 0 Å². The van der Waals surface area contributed by atoms with Gasteiger partial charge >= 0.3 is 0 Å². The molecule has 0 aromatic heterocycles. The third-order valence-electron chi connectivity index (χ3n) is 2.80. The van der Waals surface area contributed by atoms with E-state index in [2.05, 4.69) is 5.32 Å². The number of carbonyl (C=O) groups is 1. The molecular weight excluding hydrogens is 207 g/mol. The van der Waals surface area contributed by atoms with Crippen LogP contribution in [-0.4, -0.2) is 5.91 Å². The molecule has 0 heterocycles. The van der Waals surface area contributed by atoms with Crippen LogP contribution in [0.1, 0.15) is 18.9 Å². The first-order chi connectivity index (χ1) is 7.61. The summed E-state index contributed by atoms with van der Waals surface area (Å²) in [5.41, 5.74) is 0.387. The molecule has 2 atom stereocenters. The Kier molecular flexibility index (Phi) is 2.61. The Morgan fingerprint density at radius 3 is 2.81 bits per heavy atom. The molecule has 1 aliphatic rings. The quantitative estimate of drug-likeness (QED) is 0.828. The van der Waals surface area contributed by atoms with Crippen LogP contribution < -0.4 is 5.32 Å². The zero-order chi connectivity index (χ0) is 11.7. The van der Waals surface area contributed by atoms with Crippen molar-refractivity contribution in [1.82, 2.24) is 0 Å². The van der Waals surface area contributed by atoms with Crippen molar-refractivity contribution in [2.45, 2.75) is 13.3 Å². The number of halogens is 1. The summed E-state index contributed by atoms with van der Waals surface area (Å²) >= 11 is 0. The first kappa shape index (κ1) is 10.6. The van der Waals surface area contributed by atoms with Gasteiger partial charge in [-0.15, -0.1) is 0 Å². The van der Waals surface area contributed by atoms with Gasteiger partial charge in [0.1, 0.15) is 5.82 Å². The Morgan fingerprint density at radius 2 is 2.31 bits per heavy atom. The minimum atomic E-state index is -0.569. The summed E-state index contributed by atoms with van der Waals surface area (Å²) in [4.78, 5) is 11.5. The molecule has 4 heteroatoms. The number of nitrogens with zero attached hydrogens (tertiary/aromatic N) is 1. The molecule has 1 amide bonds. The van der Waals surface area contributed by atoms with Crippen molar-refractivity contribution < 1.29 is 9.18 Å². The molecule has 0 spiro atoms. The molecule has 2 unspecified atom stereocenters. The zero-order valence-electron chi connectivity index (χ0n) is 8.83. The number of anilines is 1. The lowest BCUT2D eigenvalue weighted by Gasteiger charge is -2.05. The van der Waals surface area contributed by atoms with Crippen LogP contribution in [-0.2, 0) is 4.79 Å². The molecule has 0 bridgehead atoms. The number of nitriles is 1. The van der Waals surface area contributed by atoms with E-state index in [4.69, 9.17) is 5.26 Å². The Morgan fingerprint density at radius 1 is 1.62 bits per heavy atom. The van der Waals surface area contributed by atoms with E-state index >= 15 is 0 Å². The topological polar surface area (TPSA) is 52.9 Å². The van der Waals surface area contributed by atoms with Gasteiger partial charge in [-0.3, -0.25) is 4.79 Å². The van der Waals surface area contributed by atoms with Crippen molar-refractivity contribution in [3.8, 4) is 6.07 Å². The lowest BCUT2D eigenvalue weighted by atomic mass is 10.2. The molecule has 1 N–H and O–H groups in total. The van der Waals surface area contributed by atoms with Gasteiger partial charge in [0.15, 0.2) is 0 Å². The number of benzene rings is 1. The van der Waals surface area contributed by atoms with Crippen LogP contribution >= 0.6 is 0 Å². The Hall–Kier alpha value is -1.89. The van der Waals surface area contributed by atoms with Gasteiger partial charge in [0.2, 0.25) is 5.91 Å². The standard InChI is InChI=1S/C12H11FN2O/c1-7-4-9(7)12(16)15-11-3-2-8(6-14)5-10(11)13/h2-3,5,7,9H,4H2,1H3,(H,15,16). The van der Waals surface area contributed by atoms with E-state index in [0.29, 0.717) is 5.92 Å². The second-order valence-electron chi connectivity index (χ2n) is 4.12. The van der Waals surface area contributed by atoms with Gasteiger partial charge in [0.25, 0.3) is 0 Å². The highest BCUT2D eigenvalue weighted by molar-refractivity contribution is 5.94.